The number of hydrogen-bond donors (Lipinski definition) is 1. The molecule has 6 nitrogen and oxygen atoms in total. The van der Waals surface area contributed by atoms with E-state index in [9.17, 15) is 9.59 Å². The minimum absolute atomic E-state index is 0.201. The van der Waals surface area contributed by atoms with Gasteiger partial charge in [0.25, 0.3) is 5.91 Å². The van der Waals surface area contributed by atoms with Crippen molar-refractivity contribution in [3.8, 4) is 11.5 Å². The van der Waals surface area contributed by atoms with Gasteiger partial charge in [0, 0.05) is 5.02 Å². The zero-order chi connectivity index (χ0) is 24.9. The number of imide groups is 1. The first kappa shape index (κ1) is 24.8. The summed E-state index contributed by atoms with van der Waals surface area (Å²) in [5.41, 5.74) is 3.80. The third-order valence-electron chi connectivity index (χ3n) is 5.32. The fourth-order valence-corrected chi connectivity index (χ4v) is 4.39. The molecule has 0 saturated carbocycles. The number of hydrogen-bond acceptors (Lipinski definition) is 4. The summed E-state index contributed by atoms with van der Waals surface area (Å²) in [5.74, 6) is 0.691. The molecule has 1 heterocycles. The van der Waals surface area contributed by atoms with Gasteiger partial charge < -0.3 is 14.8 Å². The number of benzene rings is 3. The molecule has 1 aliphatic heterocycles. The van der Waals surface area contributed by atoms with Crippen molar-refractivity contribution in [1.82, 2.24) is 10.2 Å². The number of carbonyl (C=O) groups is 2. The molecule has 0 unspecified atom stereocenters. The second kappa shape index (κ2) is 11.0. The highest BCUT2D eigenvalue weighted by atomic mass is 79.9. The van der Waals surface area contributed by atoms with E-state index in [-0.39, 0.29) is 18.1 Å². The highest BCUT2D eigenvalue weighted by Crippen LogP contribution is 2.38. The molecule has 3 aromatic carbocycles. The first-order valence-corrected chi connectivity index (χ1v) is 12.2. The molecule has 8 heteroatoms. The van der Waals surface area contributed by atoms with Gasteiger partial charge in [0.05, 0.1) is 17.6 Å². The van der Waals surface area contributed by atoms with Gasteiger partial charge in [-0.2, -0.15) is 0 Å². The zero-order valence-corrected chi connectivity index (χ0v) is 21.7. The Bertz CT molecular complexity index is 1290. The maximum absolute atomic E-state index is 13.0. The third-order valence-corrected chi connectivity index (χ3v) is 6.17. The quantitative estimate of drug-likeness (QED) is 0.255. The van der Waals surface area contributed by atoms with Gasteiger partial charge in [-0.1, -0.05) is 53.6 Å². The summed E-state index contributed by atoms with van der Waals surface area (Å²) in [6, 6.07) is 18.3. The SMILES string of the molecule is CCOc1cc(/C=C2/NC(=O)N(Cc3cccc(C)c3)C2=O)cc(Br)c1OCc1ccc(Cl)cc1. The van der Waals surface area contributed by atoms with Crippen molar-refractivity contribution in [2.24, 2.45) is 0 Å². The summed E-state index contributed by atoms with van der Waals surface area (Å²) >= 11 is 9.51. The Morgan fingerprint density at radius 1 is 1.03 bits per heavy atom. The van der Waals surface area contributed by atoms with Crippen LogP contribution >= 0.6 is 27.5 Å². The molecule has 1 aliphatic rings. The summed E-state index contributed by atoms with van der Waals surface area (Å²) in [6.07, 6.45) is 1.63. The number of halogens is 2. The third kappa shape index (κ3) is 6.05. The number of amides is 3. The highest BCUT2D eigenvalue weighted by molar-refractivity contribution is 9.10. The summed E-state index contributed by atoms with van der Waals surface area (Å²) in [6.45, 7) is 4.82. The molecule has 1 N–H and O–H groups in total. The summed E-state index contributed by atoms with van der Waals surface area (Å²) in [5, 5.41) is 3.33. The van der Waals surface area contributed by atoms with Crippen LogP contribution < -0.4 is 14.8 Å². The van der Waals surface area contributed by atoms with Crippen LogP contribution in [-0.4, -0.2) is 23.4 Å². The van der Waals surface area contributed by atoms with Crippen molar-refractivity contribution in [3.05, 3.63) is 98.1 Å². The van der Waals surface area contributed by atoms with E-state index < -0.39 is 6.03 Å². The highest BCUT2D eigenvalue weighted by Gasteiger charge is 2.33. The fourth-order valence-electron chi connectivity index (χ4n) is 3.69. The normalized spacial score (nSPS) is 14.4. The second-order valence-corrected chi connectivity index (χ2v) is 9.34. The fraction of sp³-hybridized carbons (Fsp3) is 0.185. The lowest BCUT2D eigenvalue weighted by Crippen LogP contribution is -2.30. The molecular weight excluding hydrogens is 532 g/mol. The Hall–Kier alpha value is -3.29. The Kier molecular flexibility index (Phi) is 7.78. The van der Waals surface area contributed by atoms with Crippen LogP contribution in [0.25, 0.3) is 6.08 Å². The van der Waals surface area contributed by atoms with E-state index in [1.807, 2.05) is 68.4 Å². The number of urea groups is 1. The predicted molar refractivity (Wildman–Crippen MR) is 139 cm³/mol. The van der Waals surface area contributed by atoms with Gasteiger partial charge in [-0.3, -0.25) is 9.69 Å². The second-order valence-electron chi connectivity index (χ2n) is 8.05. The Morgan fingerprint density at radius 3 is 2.51 bits per heavy atom. The zero-order valence-electron chi connectivity index (χ0n) is 19.3. The van der Waals surface area contributed by atoms with Gasteiger partial charge in [0.15, 0.2) is 11.5 Å². The molecule has 1 saturated heterocycles. The van der Waals surface area contributed by atoms with Gasteiger partial charge in [0.2, 0.25) is 0 Å². The molecule has 3 amide bonds. The lowest BCUT2D eigenvalue weighted by molar-refractivity contribution is -0.123. The largest absolute Gasteiger partial charge is 0.490 e. The molecule has 0 atom stereocenters. The van der Waals surface area contributed by atoms with Crippen LogP contribution in [0, 0.1) is 6.92 Å². The molecule has 0 aromatic heterocycles. The number of nitrogens with one attached hydrogen (secondary N) is 1. The van der Waals surface area contributed by atoms with E-state index in [1.54, 1.807) is 12.1 Å². The van der Waals surface area contributed by atoms with Crippen LogP contribution in [0.5, 0.6) is 11.5 Å². The van der Waals surface area contributed by atoms with Gasteiger partial charge in [-0.15, -0.1) is 0 Å². The summed E-state index contributed by atoms with van der Waals surface area (Å²) in [4.78, 5) is 26.6. The number of carbonyl (C=O) groups excluding carboxylic acids is 2. The van der Waals surface area contributed by atoms with Crippen molar-refractivity contribution < 1.29 is 19.1 Å². The van der Waals surface area contributed by atoms with Crippen molar-refractivity contribution in [1.29, 1.82) is 0 Å². The summed E-state index contributed by atoms with van der Waals surface area (Å²) in [7, 11) is 0. The predicted octanol–water partition coefficient (Wildman–Crippen LogP) is 6.48. The number of ether oxygens (including phenoxy) is 2. The van der Waals surface area contributed by atoms with Crippen LogP contribution in [0.2, 0.25) is 5.02 Å². The van der Waals surface area contributed by atoms with Crippen LogP contribution in [0.4, 0.5) is 4.79 Å². The van der Waals surface area contributed by atoms with E-state index in [1.165, 1.54) is 4.90 Å². The molecule has 1 fully saturated rings. The molecule has 0 radical (unpaired) electrons. The van der Waals surface area contributed by atoms with Crippen LogP contribution in [0.15, 0.2) is 70.8 Å². The van der Waals surface area contributed by atoms with Gasteiger partial charge in [0.1, 0.15) is 12.3 Å². The Morgan fingerprint density at radius 2 is 1.80 bits per heavy atom. The van der Waals surface area contributed by atoms with E-state index in [0.717, 1.165) is 16.7 Å². The lowest BCUT2D eigenvalue weighted by atomic mass is 10.1. The molecule has 180 valence electrons. The van der Waals surface area contributed by atoms with Crippen molar-refractivity contribution in [2.45, 2.75) is 27.0 Å². The van der Waals surface area contributed by atoms with E-state index in [2.05, 4.69) is 21.2 Å². The average molecular weight is 556 g/mol. The molecule has 3 aromatic rings. The van der Waals surface area contributed by atoms with Gasteiger partial charge >= 0.3 is 6.03 Å². The summed E-state index contributed by atoms with van der Waals surface area (Å²) < 4.78 is 12.5. The first-order valence-electron chi connectivity index (χ1n) is 11.1. The van der Waals surface area contributed by atoms with E-state index in [4.69, 9.17) is 21.1 Å². The van der Waals surface area contributed by atoms with E-state index >= 15 is 0 Å². The van der Waals surface area contributed by atoms with Crippen LogP contribution in [0.3, 0.4) is 0 Å². The van der Waals surface area contributed by atoms with Crippen molar-refractivity contribution >= 4 is 45.5 Å². The molecular formula is C27H24BrClN2O4. The molecule has 35 heavy (non-hydrogen) atoms. The van der Waals surface area contributed by atoms with Crippen molar-refractivity contribution in [3.63, 3.8) is 0 Å². The monoisotopic (exact) mass is 554 g/mol. The maximum Gasteiger partial charge on any atom is 0.329 e. The van der Waals surface area contributed by atoms with Gasteiger partial charge in [-0.05, 0) is 76.8 Å². The first-order chi connectivity index (χ1) is 16.8. The Balaban J connectivity index is 1.55. The number of nitrogens with zero attached hydrogens (tertiary/aromatic N) is 1. The maximum atomic E-state index is 13.0. The molecule has 0 bridgehead atoms. The van der Waals surface area contributed by atoms with Crippen molar-refractivity contribution in [2.75, 3.05) is 6.61 Å². The molecule has 4 rings (SSSR count). The minimum atomic E-state index is -0.449. The van der Waals surface area contributed by atoms with Gasteiger partial charge in [-0.25, -0.2) is 4.79 Å². The minimum Gasteiger partial charge on any atom is -0.490 e. The van der Waals surface area contributed by atoms with E-state index in [0.29, 0.717) is 39.8 Å². The van der Waals surface area contributed by atoms with Crippen LogP contribution in [0.1, 0.15) is 29.2 Å². The van der Waals surface area contributed by atoms with Crippen LogP contribution in [-0.2, 0) is 17.9 Å². The standard InChI is InChI=1S/C27H24BrClN2O4/c1-3-34-24-14-20(12-22(28)25(24)35-16-18-7-9-21(29)10-8-18)13-23-26(32)31(27(33)30-23)15-19-6-4-5-17(2)11-19/h4-14H,3,15-16H2,1-2H3,(H,30,33)/b23-13+. The number of aryl methyl sites for hydroxylation is 1. The smallest absolute Gasteiger partial charge is 0.329 e. The topological polar surface area (TPSA) is 67.9 Å². The Labute approximate surface area is 217 Å². The lowest BCUT2D eigenvalue weighted by Gasteiger charge is -2.15. The molecule has 0 aliphatic carbocycles. The molecule has 0 spiro atoms. The number of rotatable bonds is 8. The average Bonchev–Trinajstić information content (AvgIpc) is 3.07.